The molecule has 0 heterocycles. The molecule has 2 fully saturated rings. The Kier molecular flexibility index (Phi) is 4.64. The van der Waals surface area contributed by atoms with Crippen molar-refractivity contribution in [2.45, 2.75) is 53.6 Å². The summed E-state index contributed by atoms with van der Waals surface area (Å²) < 4.78 is 0. The Morgan fingerprint density at radius 2 is 2.00 bits per heavy atom. The molecule has 0 saturated heterocycles. The summed E-state index contributed by atoms with van der Waals surface area (Å²) in [5.41, 5.74) is 0.892. The fourth-order valence-electron chi connectivity index (χ4n) is 4.87. The van der Waals surface area contributed by atoms with E-state index in [9.17, 15) is 15.0 Å². The molecule has 23 heavy (non-hydrogen) atoms. The predicted octanol–water partition coefficient (Wildman–Crippen LogP) is 4.20. The van der Waals surface area contributed by atoms with Crippen LogP contribution in [0.1, 0.15) is 47.5 Å². The van der Waals surface area contributed by atoms with Gasteiger partial charge in [0.25, 0.3) is 0 Å². The van der Waals surface area contributed by atoms with Crippen molar-refractivity contribution in [3.63, 3.8) is 0 Å². The van der Waals surface area contributed by atoms with E-state index in [0.29, 0.717) is 6.42 Å². The lowest BCUT2D eigenvalue weighted by Gasteiger charge is -2.25. The van der Waals surface area contributed by atoms with E-state index in [1.165, 1.54) is 0 Å². The molecule has 2 saturated carbocycles. The van der Waals surface area contributed by atoms with E-state index in [4.69, 9.17) is 0 Å². The summed E-state index contributed by atoms with van der Waals surface area (Å²) in [6.07, 6.45) is 6.82. The predicted molar refractivity (Wildman–Crippen MR) is 92.9 cm³/mol. The van der Waals surface area contributed by atoms with Crippen molar-refractivity contribution in [3.05, 3.63) is 36.0 Å². The molecular weight excluding hydrogens is 288 g/mol. The Hall–Kier alpha value is -1.35. The van der Waals surface area contributed by atoms with Crippen LogP contribution in [0.5, 0.6) is 0 Å². The number of carbonyl (C=O) groups is 1. The first-order valence-corrected chi connectivity index (χ1v) is 8.48. The standard InChI is InChI=1S/C20H30O3/c1-7-8-9-14-13(4)15(11-16(14)21)20(18(22)23)17(10-12(2)3)19(20,5)6/h7-8,10,14-17,21H,4,9,11H2,1-3,5-6H3,(H,22,23)/b8-7-/t14-,15+,16+,17+,20+/m0/s1. The number of carboxylic acid groups (broad SMARTS) is 1. The second-order valence-corrected chi connectivity index (χ2v) is 7.96. The second-order valence-electron chi connectivity index (χ2n) is 7.96. The lowest BCUT2D eigenvalue weighted by atomic mass is 9.77. The van der Waals surface area contributed by atoms with Crippen LogP contribution in [0, 0.1) is 28.6 Å². The summed E-state index contributed by atoms with van der Waals surface area (Å²) in [5, 5.41) is 20.5. The summed E-state index contributed by atoms with van der Waals surface area (Å²) in [7, 11) is 0. The van der Waals surface area contributed by atoms with E-state index in [0.717, 1.165) is 17.6 Å². The van der Waals surface area contributed by atoms with Crippen LogP contribution in [0.3, 0.4) is 0 Å². The first kappa shape index (κ1) is 18.0. The molecule has 5 atom stereocenters. The first-order valence-electron chi connectivity index (χ1n) is 8.48. The number of hydrogen-bond donors (Lipinski definition) is 2. The van der Waals surface area contributed by atoms with Gasteiger partial charge in [0.05, 0.1) is 11.5 Å². The van der Waals surface area contributed by atoms with Gasteiger partial charge in [-0.05, 0) is 44.9 Å². The molecule has 0 aromatic rings. The summed E-state index contributed by atoms with van der Waals surface area (Å²) in [4.78, 5) is 12.3. The Morgan fingerprint density at radius 1 is 1.39 bits per heavy atom. The lowest BCUT2D eigenvalue weighted by Crippen LogP contribution is -2.30. The van der Waals surface area contributed by atoms with Crippen LogP contribution in [0.15, 0.2) is 36.0 Å². The summed E-state index contributed by atoms with van der Waals surface area (Å²) in [6, 6.07) is 0. The smallest absolute Gasteiger partial charge is 0.311 e. The number of aliphatic hydroxyl groups is 1. The van der Waals surface area contributed by atoms with Crippen LogP contribution >= 0.6 is 0 Å². The van der Waals surface area contributed by atoms with E-state index in [1.54, 1.807) is 0 Å². The van der Waals surface area contributed by atoms with Crippen molar-refractivity contribution in [1.82, 2.24) is 0 Å². The van der Waals surface area contributed by atoms with Crippen LogP contribution in [-0.2, 0) is 4.79 Å². The zero-order valence-electron chi connectivity index (χ0n) is 15.0. The van der Waals surface area contributed by atoms with E-state index in [2.05, 4.69) is 12.7 Å². The van der Waals surface area contributed by atoms with Crippen molar-refractivity contribution in [3.8, 4) is 0 Å². The van der Waals surface area contributed by atoms with Crippen LogP contribution in [0.2, 0.25) is 0 Å². The third kappa shape index (κ3) is 2.50. The van der Waals surface area contributed by atoms with Crippen LogP contribution in [-0.4, -0.2) is 22.3 Å². The lowest BCUT2D eigenvalue weighted by molar-refractivity contribution is -0.147. The monoisotopic (exact) mass is 318 g/mol. The molecule has 3 heteroatoms. The van der Waals surface area contributed by atoms with Gasteiger partial charge in [-0.2, -0.15) is 0 Å². The van der Waals surface area contributed by atoms with E-state index in [1.807, 2.05) is 46.8 Å². The van der Waals surface area contributed by atoms with Crippen molar-refractivity contribution < 1.29 is 15.0 Å². The number of allylic oxidation sites excluding steroid dienone is 4. The maximum Gasteiger partial charge on any atom is 0.311 e. The second kappa shape index (κ2) is 5.94. The molecule has 0 aromatic heterocycles. The minimum atomic E-state index is -0.840. The molecule has 0 spiro atoms. The molecule has 0 radical (unpaired) electrons. The maximum absolute atomic E-state index is 12.3. The van der Waals surface area contributed by atoms with Gasteiger partial charge in [-0.25, -0.2) is 0 Å². The molecular formula is C20H30O3. The third-order valence-electron chi connectivity index (χ3n) is 6.15. The van der Waals surface area contributed by atoms with Gasteiger partial charge in [0.2, 0.25) is 0 Å². The van der Waals surface area contributed by atoms with Gasteiger partial charge in [0.1, 0.15) is 0 Å². The zero-order chi connectivity index (χ0) is 17.6. The molecule has 0 amide bonds. The molecule has 0 aromatic carbocycles. The molecule has 2 rings (SSSR count). The molecule has 0 unspecified atom stereocenters. The topological polar surface area (TPSA) is 57.5 Å². The number of carboxylic acids is 1. The highest BCUT2D eigenvalue weighted by atomic mass is 16.4. The highest BCUT2D eigenvalue weighted by Crippen LogP contribution is 2.76. The molecule has 2 aliphatic carbocycles. The largest absolute Gasteiger partial charge is 0.481 e. The van der Waals surface area contributed by atoms with Crippen molar-refractivity contribution in [2.24, 2.45) is 28.6 Å². The van der Waals surface area contributed by atoms with Gasteiger partial charge >= 0.3 is 5.97 Å². The van der Waals surface area contributed by atoms with Crippen LogP contribution < -0.4 is 0 Å². The molecule has 2 aliphatic rings. The van der Waals surface area contributed by atoms with Crippen LogP contribution in [0.4, 0.5) is 0 Å². The van der Waals surface area contributed by atoms with Gasteiger partial charge in [-0.15, -0.1) is 0 Å². The summed E-state index contributed by atoms with van der Waals surface area (Å²) >= 11 is 0. The molecule has 0 bridgehead atoms. The van der Waals surface area contributed by atoms with Crippen molar-refractivity contribution in [1.29, 1.82) is 0 Å². The van der Waals surface area contributed by atoms with Crippen molar-refractivity contribution >= 4 is 5.97 Å². The summed E-state index contributed by atoms with van der Waals surface area (Å²) in [6.45, 7) is 14.2. The van der Waals surface area contributed by atoms with Gasteiger partial charge in [-0.3, -0.25) is 4.79 Å². The number of hydrogen-bond acceptors (Lipinski definition) is 2. The zero-order valence-corrected chi connectivity index (χ0v) is 15.0. The summed E-state index contributed by atoms with van der Waals surface area (Å²) in [5.74, 6) is -0.959. The minimum absolute atomic E-state index is 0.00748. The molecule has 3 nitrogen and oxygen atoms in total. The van der Waals surface area contributed by atoms with E-state index >= 15 is 0 Å². The average Bonchev–Trinajstić information content (AvgIpc) is 2.76. The molecule has 2 N–H and O–H groups in total. The van der Waals surface area contributed by atoms with Gasteiger partial charge in [0, 0.05) is 11.8 Å². The SMILES string of the molecule is C=C1[C@H]([C@]2(C(=O)O)[C@H](C=C(C)C)C2(C)C)C[C@@H](O)[C@H]1C/C=C\C. The maximum atomic E-state index is 12.3. The van der Waals surface area contributed by atoms with E-state index < -0.39 is 17.5 Å². The first-order chi connectivity index (χ1) is 10.6. The Labute approximate surface area is 139 Å². The number of aliphatic carboxylic acids is 1. The minimum Gasteiger partial charge on any atom is -0.481 e. The fourth-order valence-corrected chi connectivity index (χ4v) is 4.87. The normalized spacial score (nSPS) is 38.8. The average molecular weight is 318 g/mol. The molecule has 128 valence electrons. The number of aliphatic hydroxyl groups excluding tert-OH is 1. The quantitative estimate of drug-likeness (QED) is 0.747. The Bertz CT molecular complexity index is 565. The van der Waals surface area contributed by atoms with Gasteiger partial charge < -0.3 is 10.2 Å². The van der Waals surface area contributed by atoms with Crippen molar-refractivity contribution in [2.75, 3.05) is 0 Å². The van der Waals surface area contributed by atoms with Gasteiger partial charge in [-0.1, -0.05) is 49.8 Å². The number of rotatable bonds is 5. The van der Waals surface area contributed by atoms with Gasteiger partial charge in [0.15, 0.2) is 0 Å². The highest BCUT2D eigenvalue weighted by Gasteiger charge is 2.78. The molecule has 0 aliphatic heterocycles. The Morgan fingerprint density at radius 3 is 2.48 bits per heavy atom. The fraction of sp³-hybridized carbons (Fsp3) is 0.650. The van der Waals surface area contributed by atoms with Crippen LogP contribution in [0.25, 0.3) is 0 Å². The van der Waals surface area contributed by atoms with E-state index in [-0.39, 0.29) is 23.2 Å². The third-order valence-corrected chi connectivity index (χ3v) is 6.15. The highest BCUT2D eigenvalue weighted by molar-refractivity contribution is 5.83. The Balaban J connectivity index is 2.40.